The third-order valence-corrected chi connectivity index (χ3v) is 6.52. The summed E-state index contributed by atoms with van der Waals surface area (Å²) in [6, 6.07) is 3.13. The van der Waals surface area contributed by atoms with Crippen LogP contribution in [0, 0.1) is 0 Å². The molecule has 0 radical (unpaired) electrons. The lowest BCUT2D eigenvalue weighted by molar-refractivity contribution is -0.159. The number of hydrogen-bond donors (Lipinski definition) is 2. The fourth-order valence-corrected chi connectivity index (χ4v) is 4.92. The number of nitrogens with zero attached hydrogens (tertiary/aromatic N) is 4. The van der Waals surface area contributed by atoms with Crippen LogP contribution in [0.2, 0.25) is 0 Å². The Hall–Kier alpha value is -2.31. The molecule has 2 aliphatic rings. The molecule has 1 aromatic carbocycles. The van der Waals surface area contributed by atoms with E-state index < -0.39 is 12.2 Å². The van der Waals surface area contributed by atoms with Crippen LogP contribution >= 0.6 is 15.9 Å². The molecule has 1 aromatic heterocycles. The Labute approximate surface area is 197 Å². The smallest absolute Gasteiger partial charge is 0.397 e. The molecule has 2 aliphatic heterocycles. The lowest BCUT2D eigenvalue weighted by Crippen LogP contribution is -2.61. The van der Waals surface area contributed by atoms with Crippen molar-refractivity contribution in [2.45, 2.75) is 31.1 Å². The second-order valence-electron chi connectivity index (χ2n) is 8.32. The standard InChI is InChI=1S/C21H26BrF3N6O2/c1-29-12-18(22)28-19(20(29)32)27-13-2-3-16(15(26)10-13)31-7-6-30(11-17(31)21(23,24)25)14-4-8-33-9-5-14/h2-3,10,12,14,17H,4-9,11,26H2,1H3,(H,27,28). The summed E-state index contributed by atoms with van der Waals surface area (Å²) in [5, 5.41) is 2.90. The minimum Gasteiger partial charge on any atom is -0.397 e. The summed E-state index contributed by atoms with van der Waals surface area (Å²) in [5.41, 5.74) is 6.83. The lowest BCUT2D eigenvalue weighted by atomic mass is 10.0. The van der Waals surface area contributed by atoms with E-state index in [1.54, 1.807) is 19.2 Å². The molecule has 1 unspecified atom stereocenters. The summed E-state index contributed by atoms with van der Waals surface area (Å²) < 4.78 is 49.3. The van der Waals surface area contributed by atoms with Gasteiger partial charge in [0, 0.05) is 57.8 Å². The molecule has 3 heterocycles. The molecular formula is C21H26BrF3N6O2. The Morgan fingerprint density at radius 3 is 2.64 bits per heavy atom. The highest BCUT2D eigenvalue weighted by Crippen LogP contribution is 2.36. The first kappa shape index (κ1) is 23.8. The first-order valence-corrected chi connectivity index (χ1v) is 11.5. The van der Waals surface area contributed by atoms with Gasteiger partial charge in [-0.15, -0.1) is 0 Å². The highest BCUT2D eigenvalue weighted by atomic mass is 79.9. The maximum absolute atomic E-state index is 14.0. The van der Waals surface area contributed by atoms with Crippen molar-refractivity contribution >= 4 is 38.8 Å². The van der Waals surface area contributed by atoms with E-state index in [0.29, 0.717) is 35.7 Å². The number of ether oxygens (including phenoxy) is 1. The van der Waals surface area contributed by atoms with E-state index in [4.69, 9.17) is 10.5 Å². The van der Waals surface area contributed by atoms with Crippen molar-refractivity contribution in [1.82, 2.24) is 14.5 Å². The zero-order valence-corrected chi connectivity index (χ0v) is 19.7. The van der Waals surface area contributed by atoms with Crippen LogP contribution in [-0.4, -0.2) is 65.6 Å². The Bertz CT molecular complexity index is 1060. The van der Waals surface area contributed by atoms with Crippen LogP contribution in [0.3, 0.4) is 0 Å². The number of rotatable bonds is 4. The fraction of sp³-hybridized carbons (Fsp3) is 0.524. The number of hydrogen-bond acceptors (Lipinski definition) is 7. The Morgan fingerprint density at radius 1 is 1.24 bits per heavy atom. The molecule has 3 N–H and O–H groups in total. The van der Waals surface area contributed by atoms with Gasteiger partial charge in [0.05, 0.1) is 11.4 Å². The number of anilines is 4. The SMILES string of the molecule is Cn1cc(Br)nc(Nc2ccc(N3CCN(C4CCOCC4)CC3C(F)(F)F)c(N)c2)c1=O. The zero-order chi connectivity index (χ0) is 23.8. The van der Waals surface area contributed by atoms with Gasteiger partial charge in [-0.25, -0.2) is 4.98 Å². The predicted molar refractivity (Wildman–Crippen MR) is 124 cm³/mol. The number of nitrogens with two attached hydrogens (primary N) is 1. The van der Waals surface area contributed by atoms with Gasteiger partial charge in [-0.2, -0.15) is 13.2 Å². The zero-order valence-electron chi connectivity index (χ0n) is 18.1. The number of halogens is 4. The number of piperazine rings is 1. The largest absolute Gasteiger partial charge is 0.409 e. The molecule has 4 rings (SSSR count). The van der Waals surface area contributed by atoms with Crippen molar-refractivity contribution in [3.05, 3.63) is 39.4 Å². The average Bonchev–Trinajstić information content (AvgIpc) is 2.77. The van der Waals surface area contributed by atoms with Crippen molar-refractivity contribution in [3.8, 4) is 0 Å². The molecule has 0 aliphatic carbocycles. The second-order valence-corrected chi connectivity index (χ2v) is 9.13. The normalized spacial score (nSPS) is 20.8. The highest BCUT2D eigenvalue weighted by molar-refractivity contribution is 9.10. The van der Waals surface area contributed by atoms with Gasteiger partial charge < -0.3 is 25.3 Å². The Morgan fingerprint density at radius 2 is 1.97 bits per heavy atom. The van der Waals surface area contributed by atoms with Crippen LogP contribution in [-0.2, 0) is 11.8 Å². The van der Waals surface area contributed by atoms with Gasteiger partial charge in [0.1, 0.15) is 10.6 Å². The molecule has 2 aromatic rings. The van der Waals surface area contributed by atoms with Crippen molar-refractivity contribution in [2.24, 2.45) is 7.05 Å². The third kappa shape index (κ3) is 5.28. The van der Waals surface area contributed by atoms with Gasteiger partial charge in [0.2, 0.25) is 0 Å². The summed E-state index contributed by atoms with van der Waals surface area (Å²) in [4.78, 5) is 19.7. The fourth-order valence-electron chi connectivity index (χ4n) is 4.44. The van der Waals surface area contributed by atoms with Gasteiger partial charge >= 0.3 is 6.18 Å². The molecule has 33 heavy (non-hydrogen) atoms. The van der Waals surface area contributed by atoms with Crippen molar-refractivity contribution in [1.29, 1.82) is 0 Å². The minimum atomic E-state index is -4.40. The van der Waals surface area contributed by atoms with E-state index in [-0.39, 0.29) is 36.2 Å². The van der Waals surface area contributed by atoms with E-state index in [1.165, 1.54) is 21.7 Å². The third-order valence-electron chi connectivity index (χ3n) is 6.14. The van der Waals surface area contributed by atoms with Crippen LogP contribution in [0.1, 0.15) is 12.8 Å². The van der Waals surface area contributed by atoms with Crippen molar-refractivity contribution in [3.63, 3.8) is 0 Å². The molecule has 2 saturated heterocycles. The Kier molecular flexibility index (Phi) is 6.87. The minimum absolute atomic E-state index is 0.0808. The summed E-state index contributed by atoms with van der Waals surface area (Å²) in [6.45, 7) is 1.80. The van der Waals surface area contributed by atoms with E-state index in [0.717, 1.165) is 12.8 Å². The quantitative estimate of drug-likeness (QED) is 0.587. The average molecular weight is 531 g/mol. The highest BCUT2D eigenvalue weighted by Gasteiger charge is 2.48. The molecule has 12 heteroatoms. The molecule has 0 saturated carbocycles. The number of nitrogens with one attached hydrogen (secondary N) is 1. The summed E-state index contributed by atoms with van der Waals surface area (Å²) in [7, 11) is 1.59. The van der Waals surface area contributed by atoms with E-state index in [1.807, 2.05) is 4.90 Å². The van der Waals surface area contributed by atoms with Crippen LogP contribution in [0.15, 0.2) is 33.8 Å². The van der Waals surface area contributed by atoms with Gasteiger partial charge in [0.15, 0.2) is 5.82 Å². The topological polar surface area (TPSA) is 88.7 Å². The van der Waals surface area contributed by atoms with E-state index in [2.05, 4.69) is 26.2 Å². The van der Waals surface area contributed by atoms with E-state index >= 15 is 0 Å². The van der Waals surface area contributed by atoms with Crippen LogP contribution < -0.4 is 21.5 Å². The molecule has 0 spiro atoms. The summed E-state index contributed by atoms with van der Waals surface area (Å²) >= 11 is 3.24. The van der Waals surface area contributed by atoms with Crippen molar-refractivity contribution in [2.75, 3.05) is 48.8 Å². The molecular weight excluding hydrogens is 505 g/mol. The van der Waals surface area contributed by atoms with Gasteiger partial charge in [-0.1, -0.05) is 0 Å². The molecule has 180 valence electrons. The summed E-state index contributed by atoms with van der Waals surface area (Å²) in [6.07, 6.45) is -1.38. The number of aromatic nitrogens is 2. The first-order valence-electron chi connectivity index (χ1n) is 10.7. The molecule has 0 bridgehead atoms. The second kappa shape index (κ2) is 9.51. The Balaban J connectivity index is 1.56. The lowest BCUT2D eigenvalue weighted by Gasteiger charge is -2.46. The van der Waals surface area contributed by atoms with Crippen LogP contribution in [0.5, 0.6) is 0 Å². The number of aryl methyl sites for hydroxylation is 1. The molecule has 2 fully saturated rings. The number of alkyl halides is 3. The maximum atomic E-state index is 14.0. The van der Waals surface area contributed by atoms with Gasteiger partial charge in [0.25, 0.3) is 5.56 Å². The number of nitrogen functional groups attached to an aromatic ring is 1. The van der Waals surface area contributed by atoms with E-state index in [9.17, 15) is 18.0 Å². The van der Waals surface area contributed by atoms with Gasteiger partial charge in [-0.3, -0.25) is 9.69 Å². The molecule has 8 nitrogen and oxygen atoms in total. The molecule has 0 amide bonds. The van der Waals surface area contributed by atoms with Crippen LogP contribution in [0.25, 0.3) is 0 Å². The number of benzene rings is 1. The predicted octanol–water partition coefficient (Wildman–Crippen LogP) is 3.10. The van der Waals surface area contributed by atoms with Gasteiger partial charge in [-0.05, 0) is 47.0 Å². The van der Waals surface area contributed by atoms with Crippen molar-refractivity contribution < 1.29 is 17.9 Å². The maximum Gasteiger partial charge on any atom is 0.409 e. The first-order chi connectivity index (χ1) is 15.6. The monoisotopic (exact) mass is 530 g/mol. The summed E-state index contributed by atoms with van der Waals surface area (Å²) in [5.74, 6) is 0.0808. The van der Waals surface area contributed by atoms with Crippen LogP contribution in [0.4, 0.5) is 36.1 Å². The molecule has 1 atom stereocenters.